The average molecular weight is 491 g/mol. The number of fused-ring (bicyclic) bond motifs is 1. The third kappa shape index (κ3) is 6.74. The number of amides is 1. The third-order valence-corrected chi connectivity index (χ3v) is 6.10. The molecule has 0 saturated carbocycles. The molecule has 8 nitrogen and oxygen atoms in total. The highest BCUT2D eigenvalue weighted by Crippen LogP contribution is 2.25. The molecule has 10 heteroatoms. The van der Waals surface area contributed by atoms with Crippen LogP contribution in [0.25, 0.3) is 11.0 Å². The predicted octanol–water partition coefficient (Wildman–Crippen LogP) is 4.78. The molecule has 0 bridgehead atoms. The molecule has 0 spiro atoms. The highest BCUT2D eigenvalue weighted by molar-refractivity contribution is 7.99. The van der Waals surface area contributed by atoms with Crippen molar-refractivity contribution in [2.75, 3.05) is 24.2 Å². The molecule has 178 valence electrons. The molecule has 1 amide bonds. The molecule has 0 unspecified atom stereocenters. The highest BCUT2D eigenvalue weighted by atomic mass is 35.5. The van der Waals surface area contributed by atoms with E-state index in [0.29, 0.717) is 23.9 Å². The second kappa shape index (κ2) is 11.6. The van der Waals surface area contributed by atoms with Crippen LogP contribution < -0.4 is 15.4 Å². The van der Waals surface area contributed by atoms with Crippen molar-refractivity contribution in [2.45, 2.75) is 57.8 Å². The van der Waals surface area contributed by atoms with Gasteiger partial charge >= 0.3 is 0 Å². The maximum Gasteiger partial charge on any atom is 0.263 e. The van der Waals surface area contributed by atoms with Crippen LogP contribution in [-0.2, 0) is 11.3 Å². The van der Waals surface area contributed by atoms with E-state index in [1.807, 2.05) is 0 Å². The van der Waals surface area contributed by atoms with E-state index in [1.54, 1.807) is 60.8 Å². The van der Waals surface area contributed by atoms with Crippen molar-refractivity contribution in [3.8, 4) is 5.75 Å². The lowest BCUT2D eigenvalue weighted by atomic mass is 10.1. The summed E-state index contributed by atoms with van der Waals surface area (Å²) in [4.78, 5) is 22.1. The standard InChI is InChI=1S/C23H31ClN6O2S/c1-5-11-25-19-18-15-27-30(20(18)29-22(28-19)33-14-6-2)13-12-26-21(31)23(3,4)32-17-9-7-16(24)8-10-17/h7-10,15H,5-6,11-14H2,1-4H3,(H,26,31)(H,25,28,29). The maximum absolute atomic E-state index is 12.7. The molecule has 3 aromatic rings. The van der Waals surface area contributed by atoms with Gasteiger partial charge in [0.1, 0.15) is 11.6 Å². The van der Waals surface area contributed by atoms with Crippen molar-refractivity contribution < 1.29 is 9.53 Å². The van der Waals surface area contributed by atoms with Crippen molar-refractivity contribution in [1.82, 2.24) is 25.1 Å². The molecule has 0 aliphatic rings. The highest BCUT2D eigenvalue weighted by Gasteiger charge is 2.29. The number of anilines is 1. The first-order valence-electron chi connectivity index (χ1n) is 11.2. The lowest BCUT2D eigenvalue weighted by molar-refractivity contribution is -0.134. The number of carbonyl (C=O) groups is 1. The number of halogens is 1. The van der Waals surface area contributed by atoms with Crippen molar-refractivity contribution >= 4 is 46.1 Å². The molecule has 2 N–H and O–H groups in total. The first-order chi connectivity index (χ1) is 15.8. The van der Waals surface area contributed by atoms with E-state index in [-0.39, 0.29) is 5.91 Å². The van der Waals surface area contributed by atoms with Crippen LogP contribution in [0, 0.1) is 0 Å². The Bertz CT molecular complexity index is 1070. The quantitative estimate of drug-likeness (QED) is 0.279. The SMILES string of the molecule is CCCNc1nc(SCCC)nc2c1cnn2CCNC(=O)C(C)(C)Oc1ccc(Cl)cc1. The number of hydrogen-bond acceptors (Lipinski definition) is 7. The van der Waals surface area contributed by atoms with E-state index >= 15 is 0 Å². The Morgan fingerprint density at radius 2 is 1.91 bits per heavy atom. The summed E-state index contributed by atoms with van der Waals surface area (Å²) in [5.74, 6) is 2.12. The van der Waals surface area contributed by atoms with Crippen LogP contribution in [0.15, 0.2) is 35.6 Å². The number of hydrogen-bond donors (Lipinski definition) is 2. The summed E-state index contributed by atoms with van der Waals surface area (Å²) < 4.78 is 7.66. The molecule has 3 rings (SSSR count). The Morgan fingerprint density at radius 3 is 2.61 bits per heavy atom. The topological polar surface area (TPSA) is 94.0 Å². The van der Waals surface area contributed by atoms with Gasteiger partial charge in [-0.2, -0.15) is 5.10 Å². The molecule has 2 aromatic heterocycles. The third-order valence-electron chi connectivity index (χ3n) is 4.80. The number of carbonyl (C=O) groups excluding carboxylic acids is 1. The van der Waals surface area contributed by atoms with Crippen LogP contribution in [0.5, 0.6) is 5.75 Å². The largest absolute Gasteiger partial charge is 0.478 e. The van der Waals surface area contributed by atoms with Crippen LogP contribution in [0.1, 0.15) is 40.5 Å². The molecule has 1 aromatic carbocycles. The fourth-order valence-corrected chi connectivity index (χ4v) is 3.89. The van der Waals surface area contributed by atoms with Gasteiger partial charge in [0.05, 0.1) is 18.1 Å². The van der Waals surface area contributed by atoms with Gasteiger partial charge in [-0.1, -0.05) is 37.2 Å². The lowest BCUT2D eigenvalue weighted by Gasteiger charge is -2.25. The van der Waals surface area contributed by atoms with Gasteiger partial charge in [-0.15, -0.1) is 0 Å². The van der Waals surface area contributed by atoms with E-state index in [9.17, 15) is 4.79 Å². The molecule has 0 aliphatic carbocycles. The minimum atomic E-state index is -1.04. The number of nitrogens with zero attached hydrogens (tertiary/aromatic N) is 4. The molecule has 33 heavy (non-hydrogen) atoms. The van der Waals surface area contributed by atoms with E-state index in [2.05, 4.69) is 34.6 Å². The summed E-state index contributed by atoms with van der Waals surface area (Å²) in [5, 5.41) is 13.0. The normalized spacial score (nSPS) is 11.5. The summed E-state index contributed by atoms with van der Waals surface area (Å²) in [6.45, 7) is 9.41. The molecular formula is C23H31ClN6O2S. The van der Waals surface area contributed by atoms with Crippen molar-refractivity contribution in [1.29, 1.82) is 0 Å². The zero-order chi connectivity index (χ0) is 23.8. The van der Waals surface area contributed by atoms with Gasteiger partial charge < -0.3 is 15.4 Å². The molecule has 0 fully saturated rings. The molecular weight excluding hydrogens is 460 g/mol. The van der Waals surface area contributed by atoms with E-state index in [4.69, 9.17) is 21.3 Å². The van der Waals surface area contributed by atoms with E-state index in [1.165, 1.54) is 0 Å². The zero-order valence-electron chi connectivity index (χ0n) is 19.5. The number of rotatable bonds is 12. The van der Waals surface area contributed by atoms with Crippen LogP contribution >= 0.6 is 23.4 Å². The number of nitrogens with one attached hydrogen (secondary N) is 2. The van der Waals surface area contributed by atoms with Gasteiger partial charge in [-0.3, -0.25) is 4.79 Å². The monoisotopic (exact) mass is 490 g/mol. The summed E-state index contributed by atoms with van der Waals surface area (Å²) in [5.41, 5.74) is -0.281. The Labute approximate surface area is 203 Å². The predicted molar refractivity (Wildman–Crippen MR) is 134 cm³/mol. The fourth-order valence-electron chi connectivity index (χ4n) is 3.07. The van der Waals surface area contributed by atoms with Gasteiger partial charge in [-0.05, 0) is 51.0 Å². The van der Waals surface area contributed by atoms with Gasteiger partial charge in [-0.25, -0.2) is 14.6 Å². The summed E-state index contributed by atoms with van der Waals surface area (Å²) in [7, 11) is 0. The Balaban J connectivity index is 1.67. The number of benzene rings is 1. The number of aromatic nitrogens is 4. The molecule has 0 atom stereocenters. The van der Waals surface area contributed by atoms with Crippen molar-refractivity contribution in [3.63, 3.8) is 0 Å². The number of thioether (sulfide) groups is 1. The molecule has 0 aliphatic heterocycles. The van der Waals surface area contributed by atoms with Crippen LogP contribution in [0.2, 0.25) is 5.02 Å². The van der Waals surface area contributed by atoms with Gasteiger partial charge in [0.15, 0.2) is 16.4 Å². The maximum atomic E-state index is 12.7. The van der Waals surface area contributed by atoms with Crippen molar-refractivity contribution in [3.05, 3.63) is 35.5 Å². The Hall–Kier alpha value is -2.52. The summed E-state index contributed by atoms with van der Waals surface area (Å²) in [6, 6.07) is 6.94. The average Bonchev–Trinajstić information content (AvgIpc) is 3.20. The van der Waals surface area contributed by atoms with Crippen LogP contribution in [0.3, 0.4) is 0 Å². The van der Waals surface area contributed by atoms with Gasteiger partial charge in [0.2, 0.25) is 0 Å². The van der Waals surface area contributed by atoms with E-state index < -0.39 is 5.60 Å². The summed E-state index contributed by atoms with van der Waals surface area (Å²) in [6.07, 6.45) is 3.82. The van der Waals surface area contributed by atoms with Gasteiger partial charge in [0, 0.05) is 23.9 Å². The number of ether oxygens (including phenoxy) is 1. The zero-order valence-corrected chi connectivity index (χ0v) is 21.1. The second-order valence-corrected chi connectivity index (χ2v) is 9.56. The minimum Gasteiger partial charge on any atom is -0.478 e. The van der Waals surface area contributed by atoms with Gasteiger partial charge in [0.25, 0.3) is 5.91 Å². The van der Waals surface area contributed by atoms with Crippen LogP contribution in [-0.4, -0.2) is 50.1 Å². The second-order valence-electron chi connectivity index (χ2n) is 8.06. The molecule has 0 radical (unpaired) electrons. The fraction of sp³-hybridized carbons (Fsp3) is 0.478. The Kier molecular flexibility index (Phi) is 8.80. The van der Waals surface area contributed by atoms with Crippen molar-refractivity contribution in [2.24, 2.45) is 0 Å². The first-order valence-corrected chi connectivity index (χ1v) is 12.5. The molecule has 2 heterocycles. The minimum absolute atomic E-state index is 0.215. The van der Waals surface area contributed by atoms with Crippen LogP contribution in [0.4, 0.5) is 5.82 Å². The summed E-state index contributed by atoms with van der Waals surface area (Å²) >= 11 is 7.55. The smallest absolute Gasteiger partial charge is 0.263 e. The van der Waals surface area contributed by atoms with E-state index in [0.717, 1.165) is 47.1 Å². The lowest BCUT2D eigenvalue weighted by Crippen LogP contribution is -2.47. The first kappa shape index (κ1) is 25.1. The molecule has 0 saturated heterocycles. The Morgan fingerprint density at radius 1 is 1.15 bits per heavy atom.